The molecule has 0 bridgehead atoms. The fourth-order valence-electron chi connectivity index (χ4n) is 1.86. The van der Waals surface area contributed by atoms with Crippen LogP contribution < -0.4 is 5.32 Å². The normalized spacial score (nSPS) is 15.9. The monoisotopic (exact) mass is 222 g/mol. The lowest BCUT2D eigenvalue weighted by molar-refractivity contribution is 0.321. The van der Waals surface area contributed by atoms with E-state index in [2.05, 4.69) is 35.5 Å². The van der Waals surface area contributed by atoms with E-state index in [0.29, 0.717) is 0 Å². The first kappa shape index (κ1) is 11.6. The molecule has 1 aliphatic rings. The first-order chi connectivity index (χ1) is 7.79. The number of nitrogens with zero attached hydrogens (tertiary/aromatic N) is 3. The molecule has 1 aromatic heterocycles. The Hall–Kier alpha value is -0.870. The van der Waals surface area contributed by atoms with E-state index in [0.717, 1.165) is 32.2 Å². The molecule has 1 heterocycles. The summed E-state index contributed by atoms with van der Waals surface area (Å²) in [6.45, 7) is 6.19. The van der Waals surface area contributed by atoms with Crippen molar-refractivity contribution < 1.29 is 0 Å². The molecule has 0 spiro atoms. The van der Waals surface area contributed by atoms with Gasteiger partial charge in [-0.3, -0.25) is 4.68 Å². The molecule has 0 aliphatic heterocycles. The van der Waals surface area contributed by atoms with Crippen LogP contribution in [0.15, 0.2) is 12.4 Å². The number of hydrogen-bond donors (Lipinski definition) is 1. The fraction of sp³-hybridized carbons (Fsp3) is 0.750. The summed E-state index contributed by atoms with van der Waals surface area (Å²) in [5, 5.41) is 7.71. The Balaban J connectivity index is 1.60. The van der Waals surface area contributed by atoms with Crippen molar-refractivity contribution in [3.05, 3.63) is 18.0 Å². The second-order valence-corrected chi connectivity index (χ2v) is 4.59. The quantitative estimate of drug-likeness (QED) is 0.701. The van der Waals surface area contributed by atoms with Crippen molar-refractivity contribution >= 4 is 0 Å². The van der Waals surface area contributed by atoms with Crippen molar-refractivity contribution in [1.29, 1.82) is 0 Å². The summed E-state index contributed by atoms with van der Waals surface area (Å²) in [5.41, 5.74) is 1.27. The first-order valence-corrected chi connectivity index (χ1v) is 6.22. The van der Waals surface area contributed by atoms with Crippen molar-refractivity contribution in [2.75, 3.05) is 20.1 Å². The van der Waals surface area contributed by atoms with E-state index in [1.54, 1.807) is 0 Å². The van der Waals surface area contributed by atoms with Crippen LogP contribution in [0.4, 0.5) is 0 Å². The van der Waals surface area contributed by atoms with E-state index in [1.165, 1.54) is 18.4 Å². The van der Waals surface area contributed by atoms with Crippen molar-refractivity contribution in [3.8, 4) is 0 Å². The molecule has 90 valence electrons. The Morgan fingerprint density at radius 2 is 2.38 bits per heavy atom. The minimum absolute atomic E-state index is 0.865. The van der Waals surface area contributed by atoms with E-state index in [-0.39, 0.29) is 0 Å². The van der Waals surface area contributed by atoms with E-state index < -0.39 is 0 Å². The number of nitrogens with one attached hydrogen (secondary N) is 1. The molecule has 0 aromatic carbocycles. The van der Waals surface area contributed by atoms with Crippen LogP contribution in [0.2, 0.25) is 0 Å². The lowest BCUT2D eigenvalue weighted by atomic mass is 10.3. The number of rotatable bonds is 7. The molecule has 2 rings (SSSR count). The summed E-state index contributed by atoms with van der Waals surface area (Å²) in [7, 11) is 2.22. The van der Waals surface area contributed by atoms with Crippen LogP contribution in [0.1, 0.15) is 25.3 Å². The van der Waals surface area contributed by atoms with E-state index >= 15 is 0 Å². The second kappa shape index (κ2) is 5.46. The average Bonchev–Trinajstić information content (AvgIpc) is 3.04. The first-order valence-electron chi connectivity index (χ1n) is 6.22. The van der Waals surface area contributed by atoms with Gasteiger partial charge in [0, 0.05) is 44.0 Å². The number of aromatic nitrogens is 2. The van der Waals surface area contributed by atoms with Crippen molar-refractivity contribution in [2.24, 2.45) is 0 Å². The maximum atomic E-state index is 4.25. The Kier molecular flexibility index (Phi) is 3.96. The van der Waals surface area contributed by atoms with Crippen LogP contribution in [0, 0.1) is 0 Å². The predicted octanol–water partition coefficient (Wildman–Crippen LogP) is 1.09. The van der Waals surface area contributed by atoms with Gasteiger partial charge in [0.1, 0.15) is 0 Å². The van der Waals surface area contributed by atoms with Crippen molar-refractivity contribution in [1.82, 2.24) is 20.0 Å². The molecule has 4 nitrogen and oxygen atoms in total. The third-order valence-electron chi connectivity index (χ3n) is 3.15. The lowest BCUT2D eigenvalue weighted by Crippen LogP contribution is -2.30. The average molecular weight is 222 g/mol. The minimum atomic E-state index is 0.865. The van der Waals surface area contributed by atoms with Gasteiger partial charge in [0.25, 0.3) is 0 Å². The maximum Gasteiger partial charge on any atom is 0.0534 e. The Morgan fingerprint density at radius 1 is 1.56 bits per heavy atom. The summed E-state index contributed by atoms with van der Waals surface area (Å²) in [4.78, 5) is 2.45. The van der Waals surface area contributed by atoms with Gasteiger partial charge < -0.3 is 10.2 Å². The fourth-order valence-corrected chi connectivity index (χ4v) is 1.86. The van der Waals surface area contributed by atoms with Gasteiger partial charge in [-0.25, -0.2) is 0 Å². The molecule has 0 atom stereocenters. The van der Waals surface area contributed by atoms with Crippen molar-refractivity contribution in [2.45, 2.75) is 38.9 Å². The highest BCUT2D eigenvalue weighted by Crippen LogP contribution is 2.24. The Labute approximate surface area is 97.6 Å². The van der Waals surface area contributed by atoms with Crippen LogP contribution in [0.5, 0.6) is 0 Å². The molecule has 0 amide bonds. The Morgan fingerprint density at radius 3 is 3.00 bits per heavy atom. The standard InChI is InChI=1S/C12H22N4/c1-3-16-10-11(9-14-16)8-13-6-7-15(2)12-4-5-12/h9-10,12-13H,3-8H2,1-2H3. The molecular weight excluding hydrogens is 200 g/mol. The molecule has 1 aromatic rings. The van der Waals surface area contributed by atoms with Gasteiger partial charge >= 0.3 is 0 Å². The third-order valence-corrected chi connectivity index (χ3v) is 3.15. The van der Waals surface area contributed by atoms with Gasteiger partial charge in [-0.2, -0.15) is 5.10 Å². The van der Waals surface area contributed by atoms with Crippen LogP contribution in [0.3, 0.4) is 0 Å². The smallest absolute Gasteiger partial charge is 0.0534 e. The molecule has 16 heavy (non-hydrogen) atoms. The lowest BCUT2D eigenvalue weighted by Gasteiger charge is -2.15. The Bertz CT molecular complexity index is 317. The summed E-state index contributed by atoms with van der Waals surface area (Å²) in [6, 6.07) is 0.865. The predicted molar refractivity (Wildman–Crippen MR) is 65.3 cm³/mol. The van der Waals surface area contributed by atoms with Gasteiger partial charge in [-0.15, -0.1) is 0 Å². The molecule has 1 fully saturated rings. The molecule has 0 saturated heterocycles. The zero-order valence-corrected chi connectivity index (χ0v) is 10.3. The number of aryl methyl sites for hydroxylation is 1. The van der Waals surface area contributed by atoms with E-state index in [1.807, 2.05) is 10.9 Å². The summed E-state index contributed by atoms with van der Waals surface area (Å²) >= 11 is 0. The molecule has 0 unspecified atom stereocenters. The van der Waals surface area contributed by atoms with Gasteiger partial charge in [0.2, 0.25) is 0 Å². The van der Waals surface area contributed by atoms with Crippen LogP contribution in [-0.4, -0.2) is 40.9 Å². The van der Waals surface area contributed by atoms with Crippen LogP contribution >= 0.6 is 0 Å². The highest BCUT2D eigenvalue weighted by atomic mass is 15.3. The molecular formula is C12H22N4. The van der Waals surface area contributed by atoms with Gasteiger partial charge in [0.15, 0.2) is 0 Å². The second-order valence-electron chi connectivity index (χ2n) is 4.59. The van der Waals surface area contributed by atoms with Gasteiger partial charge in [-0.1, -0.05) is 0 Å². The SMILES string of the molecule is CCn1cc(CNCCN(C)C2CC2)cn1. The highest BCUT2D eigenvalue weighted by Gasteiger charge is 2.25. The van der Waals surface area contributed by atoms with Crippen LogP contribution in [0.25, 0.3) is 0 Å². The summed E-state index contributed by atoms with van der Waals surface area (Å²) < 4.78 is 1.97. The summed E-state index contributed by atoms with van der Waals surface area (Å²) in [6.07, 6.45) is 6.83. The van der Waals surface area contributed by atoms with Gasteiger partial charge in [-0.05, 0) is 26.8 Å². The van der Waals surface area contributed by atoms with E-state index in [9.17, 15) is 0 Å². The van der Waals surface area contributed by atoms with Gasteiger partial charge in [0.05, 0.1) is 6.20 Å². The topological polar surface area (TPSA) is 33.1 Å². The zero-order chi connectivity index (χ0) is 11.4. The minimum Gasteiger partial charge on any atom is -0.311 e. The number of hydrogen-bond acceptors (Lipinski definition) is 3. The molecule has 4 heteroatoms. The van der Waals surface area contributed by atoms with E-state index in [4.69, 9.17) is 0 Å². The zero-order valence-electron chi connectivity index (χ0n) is 10.3. The highest BCUT2D eigenvalue weighted by molar-refractivity contribution is 5.03. The largest absolute Gasteiger partial charge is 0.311 e. The number of likely N-dealkylation sites (N-methyl/N-ethyl adjacent to an activating group) is 1. The molecule has 1 N–H and O–H groups in total. The molecule has 1 aliphatic carbocycles. The van der Waals surface area contributed by atoms with Crippen LogP contribution in [-0.2, 0) is 13.1 Å². The molecule has 1 saturated carbocycles. The van der Waals surface area contributed by atoms with Crippen molar-refractivity contribution in [3.63, 3.8) is 0 Å². The maximum absolute atomic E-state index is 4.25. The third kappa shape index (κ3) is 3.32. The molecule has 0 radical (unpaired) electrons. The summed E-state index contributed by atoms with van der Waals surface area (Å²) in [5.74, 6) is 0.